The molecule has 8 nitrogen and oxygen atoms in total. The Labute approximate surface area is 155 Å². The van der Waals surface area contributed by atoms with Gasteiger partial charge < -0.3 is 14.8 Å². The molecule has 1 aromatic carbocycles. The zero-order valence-electron chi connectivity index (χ0n) is 15.2. The summed E-state index contributed by atoms with van der Waals surface area (Å²) in [5.74, 6) is 0.999. The first-order chi connectivity index (χ1) is 13.0. The second-order valence-corrected chi connectivity index (χ2v) is 6.80. The maximum atomic E-state index is 13.0. The van der Waals surface area contributed by atoms with E-state index in [1.54, 1.807) is 35.2 Å². The summed E-state index contributed by atoms with van der Waals surface area (Å²) < 4.78 is 0. The van der Waals surface area contributed by atoms with Gasteiger partial charge in [-0.3, -0.25) is 9.59 Å². The van der Waals surface area contributed by atoms with Crippen molar-refractivity contribution >= 4 is 22.6 Å². The Morgan fingerprint density at radius 1 is 1.19 bits per heavy atom. The zero-order valence-corrected chi connectivity index (χ0v) is 15.2. The third-order valence-corrected chi connectivity index (χ3v) is 4.79. The van der Waals surface area contributed by atoms with Crippen LogP contribution in [0.1, 0.15) is 35.2 Å². The first kappa shape index (κ1) is 17.1. The lowest BCUT2D eigenvalue weighted by molar-refractivity contribution is 0.0722. The highest BCUT2D eigenvalue weighted by Crippen LogP contribution is 2.31. The van der Waals surface area contributed by atoms with Gasteiger partial charge in [-0.05, 0) is 37.1 Å². The molecule has 1 fully saturated rings. The first-order valence-corrected chi connectivity index (χ1v) is 8.85. The van der Waals surface area contributed by atoms with Crippen LogP contribution in [0.15, 0.2) is 41.2 Å². The summed E-state index contributed by atoms with van der Waals surface area (Å²) in [6.07, 6.45) is 1.59. The summed E-state index contributed by atoms with van der Waals surface area (Å²) in [4.78, 5) is 36.3. The molecule has 0 radical (unpaired) electrons. The molecule has 0 aliphatic carbocycles. The van der Waals surface area contributed by atoms with Crippen molar-refractivity contribution in [2.24, 2.45) is 0 Å². The van der Waals surface area contributed by atoms with Crippen molar-refractivity contribution in [2.75, 3.05) is 25.5 Å². The van der Waals surface area contributed by atoms with Crippen LogP contribution in [0.4, 0.5) is 5.82 Å². The third-order valence-electron chi connectivity index (χ3n) is 4.79. The molecular weight excluding hydrogens is 344 g/mol. The number of anilines is 1. The van der Waals surface area contributed by atoms with Gasteiger partial charge in [0.2, 0.25) is 0 Å². The van der Waals surface area contributed by atoms with E-state index in [9.17, 15) is 9.59 Å². The average Bonchev–Trinajstić information content (AvgIpc) is 3.17. The van der Waals surface area contributed by atoms with Crippen molar-refractivity contribution in [2.45, 2.75) is 18.9 Å². The predicted molar refractivity (Wildman–Crippen MR) is 102 cm³/mol. The highest BCUT2D eigenvalue weighted by atomic mass is 16.2. The maximum Gasteiger partial charge on any atom is 0.274 e. The van der Waals surface area contributed by atoms with Crippen LogP contribution in [-0.2, 0) is 0 Å². The Morgan fingerprint density at radius 2 is 2.00 bits per heavy atom. The van der Waals surface area contributed by atoms with Gasteiger partial charge in [0.25, 0.3) is 11.5 Å². The van der Waals surface area contributed by atoms with Crippen LogP contribution < -0.4 is 10.5 Å². The van der Waals surface area contributed by atoms with E-state index < -0.39 is 0 Å². The lowest BCUT2D eigenvalue weighted by Crippen LogP contribution is -2.33. The SMILES string of the molecule is CN(C)c1ccc(C(=O)N2CCCC2c2nc3ccccc3c(=O)[nH]2)nn1. The van der Waals surface area contributed by atoms with Gasteiger partial charge >= 0.3 is 0 Å². The minimum atomic E-state index is -0.273. The Morgan fingerprint density at radius 3 is 2.74 bits per heavy atom. The summed E-state index contributed by atoms with van der Waals surface area (Å²) in [6, 6.07) is 10.4. The van der Waals surface area contributed by atoms with Crippen molar-refractivity contribution in [3.05, 3.63) is 58.3 Å². The highest BCUT2D eigenvalue weighted by molar-refractivity contribution is 5.92. The number of aromatic nitrogens is 4. The maximum absolute atomic E-state index is 13.0. The third kappa shape index (κ3) is 3.14. The highest BCUT2D eigenvalue weighted by Gasteiger charge is 2.33. The molecular formula is C19H20N6O2. The lowest BCUT2D eigenvalue weighted by atomic mass is 10.1. The molecule has 1 unspecified atom stereocenters. The van der Waals surface area contributed by atoms with E-state index in [-0.39, 0.29) is 23.2 Å². The van der Waals surface area contributed by atoms with Crippen LogP contribution in [0.3, 0.4) is 0 Å². The number of amides is 1. The monoisotopic (exact) mass is 364 g/mol. The number of fused-ring (bicyclic) bond motifs is 1. The molecule has 8 heteroatoms. The first-order valence-electron chi connectivity index (χ1n) is 8.85. The van der Waals surface area contributed by atoms with Crippen molar-refractivity contribution in [1.82, 2.24) is 25.1 Å². The molecule has 0 saturated carbocycles. The van der Waals surface area contributed by atoms with Gasteiger partial charge in [0.15, 0.2) is 11.5 Å². The number of carbonyl (C=O) groups excluding carboxylic acids is 1. The molecule has 1 atom stereocenters. The number of benzene rings is 1. The number of para-hydroxylation sites is 1. The van der Waals surface area contributed by atoms with E-state index >= 15 is 0 Å². The van der Waals surface area contributed by atoms with E-state index in [0.717, 1.165) is 12.8 Å². The van der Waals surface area contributed by atoms with Crippen LogP contribution in [0.5, 0.6) is 0 Å². The number of carbonyl (C=O) groups is 1. The number of rotatable bonds is 3. The van der Waals surface area contributed by atoms with E-state index in [2.05, 4.69) is 20.2 Å². The van der Waals surface area contributed by atoms with Crippen molar-refractivity contribution in [3.63, 3.8) is 0 Å². The van der Waals surface area contributed by atoms with E-state index in [1.807, 2.05) is 25.1 Å². The number of aromatic amines is 1. The minimum Gasteiger partial charge on any atom is -0.361 e. The molecule has 1 saturated heterocycles. The summed E-state index contributed by atoms with van der Waals surface area (Å²) in [5, 5.41) is 8.69. The van der Waals surface area contributed by atoms with E-state index in [1.165, 1.54) is 0 Å². The topological polar surface area (TPSA) is 95.1 Å². The van der Waals surface area contributed by atoms with Gasteiger partial charge in [0, 0.05) is 20.6 Å². The lowest BCUT2D eigenvalue weighted by Gasteiger charge is -2.23. The minimum absolute atomic E-state index is 0.190. The number of nitrogens with one attached hydrogen (secondary N) is 1. The number of hydrogen-bond donors (Lipinski definition) is 1. The normalized spacial score (nSPS) is 16.7. The van der Waals surface area contributed by atoms with Gasteiger partial charge in [-0.25, -0.2) is 4.98 Å². The van der Waals surface area contributed by atoms with Crippen LogP contribution in [0.25, 0.3) is 10.9 Å². The molecule has 0 bridgehead atoms. The summed E-state index contributed by atoms with van der Waals surface area (Å²) in [5.41, 5.74) is 0.728. The van der Waals surface area contributed by atoms with Crippen molar-refractivity contribution in [3.8, 4) is 0 Å². The zero-order chi connectivity index (χ0) is 19.0. The molecule has 138 valence electrons. The summed E-state index contributed by atoms with van der Waals surface area (Å²) in [7, 11) is 3.73. The Hall–Kier alpha value is -3.29. The van der Waals surface area contributed by atoms with Gasteiger partial charge in [-0.2, -0.15) is 0 Å². The largest absolute Gasteiger partial charge is 0.361 e. The summed E-state index contributed by atoms with van der Waals surface area (Å²) in [6.45, 7) is 0.594. The molecule has 1 aliphatic heterocycles. The van der Waals surface area contributed by atoms with Crippen molar-refractivity contribution < 1.29 is 4.79 Å². The molecule has 27 heavy (non-hydrogen) atoms. The molecule has 3 heterocycles. The predicted octanol–water partition coefficient (Wildman–Crippen LogP) is 1.76. The average molecular weight is 364 g/mol. The second kappa shape index (κ2) is 6.79. The number of hydrogen-bond acceptors (Lipinski definition) is 6. The van der Waals surface area contributed by atoms with E-state index in [0.29, 0.717) is 29.1 Å². The van der Waals surface area contributed by atoms with Crippen molar-refractivity contribution in [1.29, 1.82) is 0 Å². The Balaban J connectivity index is 1.66. The summed E-state index contributed by atoms with van der Waals surface area (Å²) >= 11 is 0. The quantitative estimate of drug-likeness (QED) is 0.761. The van der Waals surface area contributed by atoms with Gasteiger partial charge in [0.1, 0.15) is 5.82 Å². The van der Waals surface area contributed by atoms with Gasteiger partial charge in [-0.1, -0.05) is 12.1 Å². The number of H-pyrrole nitrogens is 1. The van der Waals surface area contributed by atoms with Gasteiger partial charge in [-0.15, -0.1) is 10.2 Å². The molecule has 4 rings (SSSR count). The van der Waals surface area contributed by atoms with E-state index in [4.69, 9.17) is 0 Å². The molecule has 2 aromatic heterocycles. The van der Waals surface area contributed by atoms with Gasteiger partial charge in [0.05, 0.1) is 16.9 Å². The number of nitrogens with zero attached hydrogens (tertiary/aromatic N) is 5. The molecule has 1 amide bonds. The van der Waals surface area contributed by atoms with Crippen LogP contribution in [0, 0.1) is 0 Å². The fourth-order valence-electron chi connectivity index (χ4n) is 3.38. The molecule has 1 N–H and O–H groups in total. The molecule has 3 aromatic rings. The molecule has 0 spiro atoms. The second-order valence-electron chi connectivity index (χ2n) is 6.80. The van der Waals surface area contributed by atoms with Crippen LogP contribution in [-0.4, -0.2) is 51.6 Å². The standard InChI is InChI=1S/C19H20N6O2/c1-24(2)16-10-9-14(22-23-16)19(27)25-11-5-8-15(25)17-20-13-7-4-3-6-12(13)18(26)21-17/h3-4,6-7,9-10,15H,5,8,11H2,1-2H3,(H,20,21,26). The fraction of sp³-hybridized carbons (Fsp3) is 0.316. The van der Waals surface area contributed by atoms with Crippen LogP contribution in [0.2, 0.25) is 0 Å². The Kier molecular flexibility index (Phi) is 4.31. The Bertz CT molecular complexity index is 1040. The molecule has 1 aliphatic rings. The fourth-order valence-corrected chi connectivity index (χ4v) is 3.38. The smallest absolute Gasteiger partial charge is 0.274 e. The van der Waals surface area contributed by atoms with Crippen LogP contribution >= 0.6 is 0 Å². The number of likely N-dealkylation sites (tertiary alicyclic amines) is 1.